The van der Waals surface area contributed by atoms with Crippen molar-refractivity contribution in [1.29, 1.82) is 0 Å². The fourth-order valence-electron chi connectivity index (χ4n) is 3.05. The van der Waals surface area contributed by atoms with Gasteiger partial charge in [-0.25, -0.2) is 9.50 Å². The van der Waals surface area contributed by atoms with Gasteiger partial charge >= 0.3 is 0 Å². The molecular weight excluding hydrogens is 300 g/mol. The van der Waals surface area contributed by atoms with Crippen molar-refractivity contribution < 1.29 is 0 Å². The molecule has 6 nitrogen and oxygen atoms in total. The van der Waals surface area contributed by atoms with Gasteiger partial charge in [0.2, 0.25) is 0 Å². The largest absolute Gasteiger partial charge is 0.345 e. The lowest BCUT2D eigenvalue weighted by Crippen LogP contribution is -1.87. The molecule has 0 saturated heterocycles. The lowest BCUT2D eigenvalue weighted by atomic mass is 10.1. The molecule has 0 spiro atoms. The standard InChI is InChI=1S/C18H14N6/c1-23-11-13(9-21-23)17-3-2-15-16(10-19-18(15)22-17)12-5-7-24-14(8-12)4-6-20-24/h2-11H,1H3,(H,19,22). The number of hydrogen-bond donors (Lipinski definition) is 1. The first-order valence-corrected chi connectivity index (χ1v) is 7.69. The molecule has 5 aromatic rings. The van der Waals surface area contributed by atoms with E-state index in [1.54, 1.807) is 10.9 Å². The van der Waals surface area contributed by atoms with Gasteiger partial charge in [0, 0.05) is 48.3 Å². The predicted octanol–water partition coefficient (Wildman–Crippen LogP) is 3.28. The van der Waals surface area contributed by atoms with Crippen LogP contribution in [0.3, 0.4) is 0 Å². The van der Waals surface area contributed by atoms with Crippen molar-refractivity contribution >= 4 is 16.6 Å². The van der Waals surface area contributed by atoms with Gasteiger partial charge in [-0.15, -0.1) is 0 Å². The molecule has 5 aromatic heterocycles. The third-order valence-corrected chi connectivity index (χ3v) is 4.25. The number of nitrogens with one attached hydrogen (secondary N) is 1. The quantitative estimate of drug-likeness (QED) is 0.544. The van der Waals surface area contributed by atoms with Crippen molar-refractivity contribution in [2.45, 2.75) is 0 Å². The first-order chi connectivity index (χ1) is 11.8. The van der Waals surface area contributed by atoms with Crippen LogP contribution in [0.5, 0.6) is 0 Å². The number of aromatic nitrogens is 6. The van der Waals surface area contributed by atoms with E-state index < -0.39 is 0 Å². The van der Waals surface area contributed by atoms with E-state index in [0.29, 0.717) is 0 Å². The summed E-state index contributed by atoms with van der Waals surface area (Å²) in [5.74, 6) is 0. The normalized spacial score (nSPS) is 11.5. The van der Waals surface area contributed by atoms with Gasteiger partial charge in [0.25, 0.3) is 0 Å². The van der Waals surface area contributed by atoms with Crippen molar-refractivity contribution in [1.82, 2.24) is 29.4 Å². The summed E-state index contributed by atoms with van der Waals surface area (Å²) in [5, 5.41) is 9.55. The first-order valence-electron chi connectivity index (χ1n) is 7.69. The van der Waals surface area contributed by atoms with Gasteiger partial charge in [-0.2, -0.15) is 10.2 Å². The topological polar surface area (TPSA) is 63.8 Å². The minimum atomic E-state index is 0.875. The third-order valence-electron chi connectivity index (χ3n) is 4.25. The molecule has 0 amide bonds. The molecule has 0 unspecified atom stereocenters. The van der Waals surface area contributed by atoms with E-state index >= 15 is 0 Å². The van der Waals surface area contributed by atoms with Gasteiger partial charge in [-0.1, -0.05) is 0 Å². The van der Waals surface area contributed by atoms with Crippen LogP contribution in [0.25, 0.3) is 38.9 Å². The molecular formula is C18H14N6. The lowest BCUT2D eigenvalue weighted by Gasteiger charge is -2.02. The Balaban J connectivity index is 1.64. The van der Waals surface area contributed by atoms with E-state index in [-0.39, 0.29) is 0 Å². The molecule has 0 atom stereocenters. The van der Waals surface area contributed by atoms with Crippen LogP contribution in [-0.2, 0) is 7.05 Å². The molecule has 0 aliphatic rings. The van der Waals surface area contributed by atoms with Crippen LogP contribution in [0.4, 0.5) is 0 Å². The molecule has 1 N–H and O–H groups in total. The second kappa shape index (κ2) is 4.79. The minimum absolute atomic E-state index is 0.875. The molecule has 0 saturated carbocycles. The summed E-state index contributed by atoms with van der Waals surface area (Å²) in [6.45, 7) is 0. The Hall–Kier alpha value is -3.41. The molecule has 5 rings (SSSR count). The first kappa shape index (κ1) is 13.1. The van der Waals surface area contributed by atoms with Crippen molar-refractivity contribution in [3.8, 4) is 22.4 Å². The van der Waals surface area contributed by atoms with Gasteiger partial charge in [0.05, 0.1) is 17.4 Å². The van der Waals surface area contributed by atoms with E-state index in [4.69, 9.17) is 4.98 Å². The average molecular weight is 314 g/mol. The SMILES string of the molecule is Cn1cc(-c2ccc3c(-c4ccn5nccc5c4)c[nH]c3n2)cn1. The Kier molecular flexibility index (Phi) is 2.61. The van der Waals surface area contributed by atoms with Crippen molar-refractivity contribution in [3.63, 3.8) is 0 Å². The Morgan fingerprint density at radius 2 is 2.00 bits per heavy atom. The molecule has 0 radical (unpaired) electrons. The highest BCUT2D eigenvalue weighted by Crippen LogP contribution is 2.30. The smallest absolute Gasteiger partial charge is 0.138 e. The summed E-state index contributed by atoms with van der Waals surface area (Å²) in [6, 6.07) is 10.3. The van der Waals surface area contributed by atoms with Crippen LogP contribution in [0.15, 0.2) is 61.3 Å². The van der Waals surface area contributed by atoms with Gasteiger partial charge < -0.3 is 4.98 Å². The van der Waals surface area contributed by atoms with Crippen molar-refractivity contribution in [2.24, 2.45) is 7.05 Å². The summed E-state index contributed by atoms with van der Waals surface area (Å²) >= 11 is 0. The van der Waals surface area contributed by atoms with Crippen LogP contribution in [0.1, 0.15) is 0 Å². The summed E-state index contributed by atoms with van der Waals surface area (Å²) in [5.41, 5.74) is 6.15. The molecule has 0 bridgehead atoms. The Morgan fingerprint density at radius 1 is 1.04 bits per heavy atom. The highest BCUT2D eigenvalue weighted by Gasteiger charge is 2.10. The summed E-state index contributed by atoms with van der Waals surface area (Å²) in [4.78, 5) is 8.02. The van der Waals surface area contributed by atoms with Crippen LogP contribution < -0.4 is 0 Å². The fraction of sp³-hybridized carbons (Fsp3) is 0.0556. The van der Waals surface area contributed by atoms with Crippen molar-refractivity contribution in [3.05, 3.63) is 61.3 Å². The maximum Gasteiger partial charge on any atom is 0.138 e. The summed E-state index contributed by atoms with van der Waals surface area (Å²) in [7, 11) is 1.90. The Labute approximate surface area is 137 Å². The van der Waals surface area contributed by atoms with E-state index in [1.165, 1.54) is 0 Å². The Bertz CT molecular complexity index is 1180. The van der Waals surface area contributed by atoms with Gasteiger partial charge in [0.1, 0.15) is 5.65 Å². The maximum absolute atomic E-state index is 4.73. The van der Waals surface area contributed by atoms with Crippen LogP contribution in [-0.4, -0.2) is 29.4 Å². The summed E-state index contributed by atoms with van der Waals surface area (Å²) in [6.07, 6.45) is 9.57. The minimum Gasteiger partial charge on any atom is -0.345 e. The second-order valence-corrected chi connectivity index (χ2v) is 5.81. The molecule has 0 aliphatic heterocycles. The zero-order valence-electron chi connectivity index (χ0n) is 13.0. The number of aromatic amines is 1. The number of fused-ring (bicyclic) bond motifs is 2. The zero-order chi connectivity index (χ0) is 16.1. The second-order valence-electron chi connectivity index (χ2n) is 5.81. The van der Waals surface area contributed by atoms with Crippen LogP contribution in [0, 0.1) is 0 Å². The number of hydrogen-bond acceptors (Lipinski definition) is 3. The number of pyridine rings is 2. The van der Waals surface area contributed by atoms with E-state index in [2.05, 4.69) is 33.4 Å². The molecule has 6 heteroatoms. The number of nitrogens with zero attached hydrogens (tertiary/aromatic N) is 5. The fourth-order valence-corrected chi connectivity index (χ4v) is 3.05. The van der Waals surface area contributed by atoms with E-state index in [0.717, 1.165) is 38.9 Å². The van der Waals surface area contributed by atoms with Crippen molar-refractivity contribution in [2.75, 3.05) is 0 Å². The van der Waals surface area contributed by atoms with E-state index in [1.807, 2.05) is 48.5 Å². The zero-order valence-corrected chi connectivity index (χ0v) is 13.0. The average Bonchev–Trinajstić information content (AvgIpc) is 3.32. The highest BCUT2D eigenvalue weighted by molar-refractivity contribution is 5.95. The molecule has 116 valence electrons. The van der Waals surface area contributed by atoms with Gasteiger partial charge in [0.15, 0.2) is 0 Å². The predicted molar refractivity (Wildman–Crippen MR) is 92.5 cm³/mol. The molecule has 0 aliphatic carbocycles. The maximum atomic E-state index is 4.73. The van der Waals surface area contributed by atoms with Gasteiger partial charge in [-0.05, 0) is 35.9 Å². The highest BCUT2D eigenvalue weighted by atomic mass is 15.2. The third kappa shape index (κ3) is 1.93. The molecule has 5 heterocycles. The number of aryl methyl sites for hydroxylation is 1. The molecule has 0 fully saturated rings. The lowest BCUT2D eigenvalue weighted by molar-refractivity contribution is 0.768. The summed E-state index contributed by atoms with van der Waals surface area (Å²) < 4.78 is 3.64. The Morgan fingerprint density at radius 3 is 2.88 bits per heavy atom. The number of rotatable bonds is 2. The monoisotopic (exact) mass is 314 g/mol. The van der Waals surface area contributed by atoms with E-state index in [9.17, 15) is 0 Å². The van der Waals surface area contributed by atoms with Gasteiger partial charge in [-0.3, -0.25) is 4.68 Å². The van der Waals surface area contributed by atoms with Crippen LogP contribution in [0.2, 0.25) is 0 Å². The molecule has 0 aromatic carbocycles. The van der Waals surface area contributed by atoms with Crippen LogP contribution >= 0.6 is 0 Å². The number of H-pyrrole nitrogens is 1. The molecule has 24 heavy (non-hydrogen) atoms.